The van der Waals surface area contributed by atoms with Gasteiger partial charge in [0, 0.05) is 5.56 Å². The van der Waals surface area contributed by atoms with E-state index in [1.807, 2.05) is 45.0 Å². The zero-order valence-corrected chi connectivity index (χ0v) is 20.8. The molecule has 0 aromatic heterocycles. The lowest BCUT2D eigenvalue weighted by Crippen LogP contribution is -2.28. The van der Waals surface area contributed by atoms with Gasteiger partial charge in [0.1, 0.15) is 5.75 Å². The van der Waals surface area contributed by atoms with Crippen molar-refractivity contribution in [1.29, 1.82) is 0 Å². The van der Waals surface area contributed by atoms with Gasteiger partial charge in [0.2, 0.25) is 0 Å². The molecule has 0 aliphatic carbocycles. The van der Waals surface area contributed by atoms with Crippen molar-refractivity contribution in [2.75, 3.05) is 10.4 Å². The molecule has 3 N–H and O–H groups in total. The predicted molar refractivity (Wildman–Crippen MR) is 142 cm³/mol. The van der Waals surface area contributed by atoms with Crippen molar-refractivity contribution >= 4 is 34.7 Å². The standard InChI is InChI=1S/C28H28N4O4/c1-15-12-23(21-9-7-20(8-10-21)18(4)28(35)36)26(33)24(13-15)29-30-25-19(5)31-32(27(25)34)22-11-6-16(2)17(3)14-22/h6-14,18,29,33H,1-5H3,(H,35,36)/b30-25-. The first kappa shape index (κ1) is 24.7. The number of rotatable bonds is 6. The van der Waals surface area contributed by atoms with Gasteiger partial charge < -0.3 is 10.2 Å². The van der Waals surface area contributed by atoms with Gasteiger partial charge >= 0.3 is 11.9 Å². The molecule has 1 heterocycles. The fourth-order valence-electron chi connectivity index (χ4n) is 3.95. The molecular weight excluding hydrogens is 456 g/mol. The molecule has 0 bridgehead atoms. The van der Waals surface area contributed by atoms with Crippen LogP contribution in [0, 0.1) is 20.8 Å². The number of carboxylic acid groups (broad SMARTS) is 1. The third-order valence-corrected chi connectivity index (χ3v) is 6.36. The van der Waals surface area contributed by atoms with Gasteiger partial charge in [-0.2, -0.15) is 15.2 Å². The zero-order chi connectivity index (χ0) is 26.1. The monoisotopic (exact) mass is 484 g/mol. The number of aromatic hydroxyl groups is 1. The molecule has 1 unspecified atom stereocenters. The van der Waals surface area contributed by atoms with Gasteiger partial charge in [-0.05, 0) is 86.7 Å². The first-order chi connectivity index (χ1) is 17.1. The van der Waals surface area contributed by atoms with Crippen LogP contribution in [-0.4, -0.2) is 33.5 Å². The molecule has 4 rings (SSSR count). The summed E-state index contributed by atoms with van der Waals surface area (Å²) in [6.45, 7) is 9.20. The Labute approximate surface area is 209 Å². The molecular formula is C28H28N4O4. The topological polar surface area (TPSA) is 115 Å². The summed E-state index contributed by atoms with van der Waals surface area (Å²) in [7, 11) is 0. The third kappa shape index (κ3) is 4.70. The van der Waals surface area contributed by atoms with E-state index >= 15 is 0 Å². The number of carbonyl (C=O) groups excluding carboxylic acids is 1. The molecule has 0 radical (unpaired) electrons. The van der Waals surface area contributed by atoms with E-state index in [4.69, 9.17) is 0 Å². The Hall–Kier alpha value is -4.46. The third-order valence-electron chi connectivity index (χ3n) is 6.36. The lowest BCUT2D eigenvalue weighted by molar-refractivity contribution is -0.138. The van der Waals surface area contributed by atoms with E-state index < -0.39 is 11.9 Å². The summed E-state index contributed by atoms with van der Waals surface area (Å²) in [5.74, 6) is -1.92. The lowest BCUT2D eigenvalue weighted by Gasteiger charge is -2.14. The Bertz CT molecular complexity index is 1420. The van der Waals surface area contributed by atoms with Gasteiger partial charge in [0.25, 0.3) is 0 Å². The molecule has 8 nitrogen and oxygen atoms in total. The minimum Gasteiger partial charge on any atom is -0.505 e. The van der Waals surface area contributed by atoms with Crippen LogP contribution in [0.1, 0.15) is 42.0 Å². The number of hydrogen-bond donors (Lipinski definition) is 3. The average molecular weight is 485 g/mol. The van der Waals surface area contributed by atoms with E-state index in [2.05, 4.69) is 15.6 Å². The van der Waals surface area contributed by atoms with Gasteiger partial charge in [-0.25, -0.2) is 0 Å². The molecule has 0 saturated heterocycles. The van der Waals surface area contributed by atoms with Crippen LogP contribution in [0.2, 0.25) is 0 Å². The van der Waals surface area contributed by atoms with Crippen molar-refractivity contribution in [3.8, 4) is 16.9 Å². The number of carbonyl (C=O) groups is 2. The highest BCUT2D eigenvalue weighted by Gasteiger charge is 2.31. The van der Waals surface area contributed by atoms with E-state index in [1.165, 1.54) is 5.01 Å². The normalized spacial score (nSPS) is 15.2. The van der Waals surface area contributed by atoms with Gasteiger partial charge in [0.05, 0.1) is 23.0 Å². The Morgan fingerprint density at radius 3 is 2.33 bits per heavy atom. The number of hydrogen-bond acceptors (Lipinski definition) is 6. The number of nitrogens with one attached hydrogen (secondary N) is 1. The van der Waals surface area contributed by atoms with Crippen molar-refractivity contribution in [3.63, 3.8) is 0 Å². The molecule has 1 atom stereocenters. The van der Waals surface area contributed by atoms with Crippen LogP contribution in [0.4, 0.5) is 11.4 Å². The number of anilines is 2. The van der Waals surface area contributed by atoms with Gasteiger partial charge in [-0.1, -0.05) is 30.3 Å². The smallest absolute Gasteiger partial charge is 0.310 e. The Kier molecular flexibility index (Phi) is 6.61. The van der Waals surface area contributed by atoms with E-state index in [9.17, 15) is 19.8 Å². The molecule has 1 amide bonds. The first-order valence-corrected chi connectivity index (χ1v) is 11.5. The maximum absolute atomic E-state index is 13.0. The fraction of sp³-hybridized carbons (Fsp3) is 0.214. The number of aryl methyl sites for hydroxylation is 3. The van der Waals surface area contributed by atoms with Crippen molar-refractivity contribution in [1.82, 2.24) is 0 Å². The maximum Gasteiger partial charge on any atom is 0.310 e. The zero-order valence-electron chi connectivity index (χ0n) is 20.8. The first-order valence-electron chi connectivity index (χ1n) is 11.5. The summed E-state index contributed by atoms with van der Waals surface area (Å²) in [5, 5.41) is 30.2. The molecule has 8 heteroatoms. The minimum atomic E-state index is -0.900. The predicted octanol–water partition coefficient (Wildman–Crippen LogP) is 5.36. The van der Waals surface area contributed by atoms with E-state index in [-0.39, 0.29) is 17.4 Å². The molecule has 0 saturated carbocycles. The Morgan fingerprint density at radius 2 is 1.69 bits per heavy atom. The van der Waals surface area contributed by atoms with E-state index in [0.717, 1.165) is 22.3 Å². The second-order valence-corrected chi connectivity index (χ2v) is 9.03. The Balaban J connectivity index is 1.60. The summed E-state index contributed by atoms with van der Waals surface area (Å²) in [4.78, 5) is 24.3. The molecule has 0 fully saturated rings. The molecule has 1 aliphatic rings. The SMILES string of the molecule is CC1=NN(c2ccc(C)c(C)c2)C(=O)/C1=N\Nc1cc(C)cc(-c2ccc(C(C)C(=O)O)cc2)c1O. The van der Waals surface area contributed by atoms with Gasteiger partial charge in [-0.15, -0.1) is 0 Å². The van der Waals surface area contributed by atoms with Crippen molar-refractivity contribution < 1.29 is 19.8 Å². The number of amides is 1. The number of phenolic OH excluding ortho intramolecular Hbond substituents is 1. The highest BCUT2D eigenvalue weighted by molar-refractivity contribution is 6.71. The largest absolute Gasteiger partial charge is 0.505 e. The number of phenols is 1. The molecule has 0 spiro atoms. The summed E-state index contributed by atoms with van der Waals surface area (Å²) < 4.78 is 0. The highest BCUT2D eigenvalue weighted by Crippen LogP contribution is 2.37. The number of aliphatic carboxylic acids is 1. The summed E-state index contributed by atoms with van der Waals surface area (Å²) in [5.41, 5.74) is 9.46. The van der Waals surface area contributed by atoms with Gasteiger partial charge in [0.15, 0.2) is 5.71 Å². The van der Waals surface area contributed by atoms with Crippen LogP contribution < -0.4 is 10.4 Å². The second kappa shape index (κ2) is 9.65. The number of hydrazone groups is 2. The molecule has 1 aliphatic heterocycles. The summed E-state index contributed by atoms with van der Waals surface area (Å²) in [6, 6.07) is 16.3. The summed E-state index contributed by atoms with van der Waals surface area (Å²) in [6.07, 6.45) is 0. The van der Waals surface area contributed by atoms with E-state index in [0.29, 0.717) is 28.2 Å². The van der Waals surface area contributed by atoms with Crippen LogP contribution in [-0.2, 0) is 9.59 Å². The molecule has 3 aromatic rings. The number of carboxylic acids is 1. The molecule has 36 heavy (non-hydrogen) atoms. The van der Waals surface area contributed by atoms with Crippen LogP contribution in [0.25, 0.3) is 11.1 Å². The summed E-state index contributed by atoms with van der Waals surface area (Å²) >= 11 is 0. The maximum atomic E-state index is 13.0. The van der Waals surface area contributed by atoms with Gasteiger partial charge in [-0.3, -0.25) is 15.0 Å². The fourth-order valence-corrected chi connectivity index (χ4v) is 3.95. The van der Waals surface area contributed by atoms with Crippen LogP contribution in [0.3, 0.4) is 0 Å². The van der Waals surface area contributed by atoms with Crippen molar-refractivity contribution in [2.24, 2.45) is 10.2 Å². The number of nitrogens with zero attached hydrogens (tertiary/aromatic N) is 3. The van der Waals surface area contributed by atoms with Crippen molar-refractivity contribution in [2.45, 2.75) is 40.5 Å². The Morgan fingerprint density at radius 1 is 1.00 bits per heavy atom. The minimum absolute atomic E-state index is 0.0324. The average Bonchev–Trinajstić information content (AvgIpc) is 3.13. The van der Waals surface area contributed by atoms with Crippen molar-refractivity contribution in [3.05, 3.63) is 76.9 Å². The van der Waals surface area contributed by atoms with Crippen LogP contribution in [0.5, 0.6) is 5.75 Å². The highest BCUT2D eigenvalue weighted by atomic mass is 16.4. The van der Waals surface area contributed by atoms with Crippen LogP contribution in [0.15, 0.2) is 64.8 Å². The molecule has 3 aromatic carbocycles. The van der Waals surface area contributed by atoms with Crippen LogP contribution >= 0.6 is 0 Å². The quantitative estimate of drug-likeness (QED) is 0.322. The number of benzene rings is 3. The molecule has 184 valence electrons. The lowest BCUT2D eigenvalue weighted by atomic mass is 9.96. The second-order valence-electron chi connectivity index (χ2n) is 9.03. The van der Waals surface area contributed by atoms with E-state index in [1.54, 1.807) is 44.2 Å².